The second-order valence-electron chi connectivity index (χ2n) is 5.08. The highest BCUT2D eigenvalue weighted by Crippen LogP contribution is 2.40. The van der Waals surface area contributed by atoms with Crippen LogP contribution in [-0.4, -0.2) is 40.2 Å². The van der Waals surface area contributed by atoms with Gasteiger partial charge in [0.25, 0.3) is 11.6 Å². The fourth-order valence-corrected chi connectivity index (χ4v) is 2.55. The number of aliphatic hydroxyl groups is 1. The number of hydrogen-bond acceptors (Lipinski definition) is 4. The number of carbonyl (C=O) groups excluding carboxylic acids is 1. The van der Waals surface area contributed by atoms with Crippen molar-refractivity contribution >= 4 is 34.8 Å². The Hall–Kier alpha value is -1.51. The molecular formula is C14H13Cl2F3N2O3. The highest BCUT2D eigenvalue weighted by Gasteiger charge is 2.62. The predicted octanol–water partition coefficient (Wildman–Crippen LogP) is 3.62. The molecular weight excluding hydrogens is 372 g/mol. The quantitative estimate of drug-likeness (QED) is 0.861. The summed E-state index contributed by atoms with van der Waals surface area (Å²) < 4.78 is 44.5. The number of rotatable bonds is 4. The average molecular weight is 385 g/mol. The van der Waals surface area contributed by atoms with Gasteiger partial charge in [-0.1, -0.05) is 30.1 Å². The van der Waals surface area contributed by atoms with E-state index in [0.717, 1.165) is 0 Å². The fraction of sp³-hybridized carbons (Fsp3) is 0.429. The first kappa shape index (κ1) is 18.8. The Labute approximate surface area is 145 Å². The maximum absolute atomic E-state index is 13.1. The summed E-state index contributed by atoms with van der Waals surface area (Å²) in [6, 6.07) is 4.18. The minimum atomic E-state index is -5.05. The Morgan fingerprint density at radius 2 is 2.12 bits per heavy atom. The van der Waals surface area contributed by atoms with Gasteiger partial charge in [-0.3, -0.25) is 4.79 Å². The van der Waals surface area contributed by atoms with Gasteiger partial charge in [0.1, 0.15) is 5.75 Å². The van der Waals surface area contributed by atoms with Gasteiger partial charge in [-0.2, -0.15) is 23.3 Å². The van der Waals surface area contributed by atoms with Gasteiger partial charge in [0, 0.05) is 17.2 Å². The molecule has 0 saturated carbocycles. The topological polar surface area (TPSA) is 62.1 Å². The van der Waals surface area contributed by atoms with Gasteiger partial charge in [-0.05, 0) is 24.6 Å². The van der Waals surface area contributed by atoms with Gasteiger partial charge in [-0.25, -0.2) is 0 Å². The number of hydrazone groups is 1. The summed E-state index contributed by atoms with van der Waals surface area (Å²) >= 11 is 11.6. The number of nitrogens with zero attached hydrogens (tertiary/aromatic N) is 2. The predicted molar refractivity (Wildman–Crippen MR) is 82.2 cm³/mol. The molecule has 0 aliphatic carbocycles. The van der Waals surface area contributed by atoms with Crippen LogP contribution in [0.25, 0.3) is 0 Å². The molecule has 5 nitrogen and oxygen atoms in total. The minimum absolute atomic E-state index is 0.0235. The van der Waals surface area contributed by atoms with Crippen molar-refractivity contribution in [3.63, 3.8) is 0 Å². The van der Waals surface area contributed by atoms with Crippen LogP contribution >= 0.6 is 23.2 Å². The van der Waals surface area contributed by atoms with Gasteiger partial charge in [0.05, 0.1) is 5.02 Å². The molecule has 1 atom stereocenters. The lowest BCUT2D eigenvalue weighted by Gasteiger charge is -2.32. The zero-order chi connectivity index (χ0) is 18.1. The van der Waals surface area contributed by atoms with E-state index < -0.39 is 30.8 Å². The van der Waals surface area contributed by atoms with Crippen molar-refractivity contribution in [1.29, 1.82) is 0 Å². The van der Waals surface area contributed by atoms with Gasteiger partial charge in [0.15, 0.2) is 6.61 Å². The number of benzene rings is 1. The molecule has 0 fully saturated rings. The summed E-state index contributed by atoms with van der Waals surface area (Å²) in [6.45, 7) is 0.799. The molecule has 0 bridgehead atoms. The van der Waals surface area contributed by atoms with E-state index in [1.807, 2.05) is 0 Å². The van der Waals surface area contributed by atoms with E-state index in [-0.39, 0.29) is 27.9 Å². The van der Waals surface area contributed by atoms with Crippen molar-refractivity contribution in [2.75, 3.05) is 6.61 Å². The number of ether oxygens (including phenoxy) is 1. The molecule has 10 heteroatoms. The molecule has 2 rings (SSSR count). The third-order valence-corrected chi connectivity index (χ3v) is 3.92. The third kappa shape index (κ3) is 3.60. The Balaban J connectivity index is 2.16. The lowest BCUT2D eigenvalue weighted by atomic mass is 10.1. The SMILES string of the molecule is CCC1=NN(C(=O)COc2ccc(Cl)cc2Cl)[C@@](O)(C(F)(F)F)C1. The molecule has 1 aliphatic heterocycles. The Morgan fingerprint density at radius 3 is 2.67 bits per heavy atom. The Kier molecular flexibility index (Phi) is 5.31. The van der Waals surface area contributed by atoms with Crippen molar-refractivity contribution in [3.05, 3.63) is 28.2 Å². The summed E-state index contributed by atoms with van der Waals surface area (Å²) in [4.78, 5) is 12.1. The highest BCUT2D eigenvalue weighted by molar-refractivity contribution is 6.35. The number of hydrogen-bond donors (Lipinski definition) is 1. The van der Waals surface area contributed by atoms with Crippen LogP contribution in [0, 0.1) is 0 Å². The van der Waals surface area contributed by atoms with Crippen molar-refractivity contribution in [2.45, 2.75) is 31.7 Å². The summed E-state index contributed by atoms with van der Waals surface area (Å²) in [5.41, 5.74) is -3.31. The number of halogens is 5. The van der Waals surface area contributed by atoms with E-state index in [0.29, 0.717) is 5.02 Å². The van der Waals surface area contributed by atoms with Crippen LogP contribution in [0.15, 0.2) is 23.3 Å². The lowest BCUT2D eigenvalue weighted by Crippen LogP contribution is -2.57. The van der Waals surface area contributed by atoms with Crippen LogP contribution in [0.3, 0.4) is 0 Å². The van der Waals surface area contributed by atoms with Crippen LogP contribution in [0.2, 0.25) is 10.0 Å². The van der Waals surface area contributed by atoms with Gasteiger partial charge in [-0.15, -0.1) is 0 Å². The molecule has 0 saturated heterocycles. The first-order valence-corrected chi connectivity index (χ1v) is 7.60. The molecule has 132 valence electrons. The molecule has 24 heavy (non-hydrogen) atoms. The van der Waals surface area contributed by atoms with E-state index in [9.17, 15) is 23.1 Å². The molecule has 0 aromatic heterocycles. The smallest absolute Gasteiger partial charge is 0.438 e. The minimum Gasteiger partial charge on any atom is -0.482 e. The van der Waals surface area contributed by atoms with E-state index in [1.165, 1.54) is 18.2 Å². The standard InChI is InChI=1S/C14H13Cl2F3N2O3/c1-2-9-6-13(23,14(17,18)19)21(20-9)12(22)7-24-11-4-3-8(15)5-10(11)16/h3-5,23H,2,6-7H2,1H3/t13-/m0/s1. The highest BCUT2D eigenvalue weighted by atomic mass is 35.5. The van der Waals surface area contributed by atoms with Gasteiger partial charge < -0.3 is 9.84 Å². The Bertz CT molecular complexity index is 682. The normalized spacial score (nSPS) is 21.0. The first-order valence-electron chi connectivity index (χ1n) is 6.85. The molecule has 1 aliphatic rings. The molecule has 1 N–H and O–H groups in total. The first-order chi connectivity index (χ1) is 11.1. The summed E-state index contributed by atoms with van der Waals surface area (Å²) in [6.07, 6.45) is -5.67. The van der Waals surface area contributed by atoms with Crippen molar-refractivity contribution in [1.82, 2.24) is 5.01 Å². The van der Waals surface area contributed by atoms with E-state index in [2.05, 4.69) is 5.10 Å². The maximum Gasteiger partial charge on any atom is 0.438 e. The van der Waals surface area contributed by atoms with Crippen LogP contribution < -0.4 is 4.74 Å². The molecule has 1 amide bonds. The lowest BCUT2D eigenvalue weighted by molar-refractivity contribution is -0.302. The third-order valence-electron chi connectivity index (χ3n) is 3.39. The molecule has 0 radical (unpaired) electrons. The van der Waals surface area contributed by atoms with Crippen LogP contribution in [0.4, 0.5) is 13.2 Å². The summed E-state index contributed by atoms with van der Waals surface area (Å²) in [5, 5.41) is 13.9. The van der Waals surface area contributed by atoms with Crippen molar-refractivity contribution in [3.8, 4) is 5.75 Å². The number of carbonyl (C=O) groups is 1. The molecule has 1 heterocycles. The van der Waals surface area contributed by atoms with Crippen LogP contribution in [-0.2, 0) is 4.79 Å². The van der Waals surface area contributed by atoms with Crippen LogP contribution in [0.1, 0.15) is 19.8 Å². The van der Waals surface area contributed by atoms with E-state index >= 15 is 0 Å². The molecule has 0 spiro atoms. The molecule has 0 unspecified atom stereocenters. The average Bonchev–Trinajstić information content (AvgIpc) is 2.84. The van der Waals surface area contributed by atoms with Crippen molar-refractivity contribution < 1.29 is 27.8 Å². The summed E-state index contributed by atoms with van der Waals surface area (Å²) in [7, 11) is 0. The van der Waals surface area contributed by atoms with Gasteiger partial charge in [0.2, 0.25) is 0 Å². The molecule has 1 aromatic carbocycles. The Morgan fingerprint density at radius 1 is 1.46 bits per heavy atom. The largest absolute Gasteiger partial charge is 0.482 e. The van der Waals surface area contributed by atoms with E-state index in [1.54, 1.807) is 6.92 Å². The second-order valence-corrected chi connectivity index (χ2v) is 5.92. The number of amides is 1. The van der Waals surface area contributed by atoms with Crippen LogP contribution in [0.5, 0.6) is 5.75 Å². The zero-order valence-corrected chi connectivity index (χ0v) is 13.9. The van der Waals surface area contributed by atoms with Gasteiger partial charge >= 0.3 is 6.18 Å². The summed E-state index contributed by atoms with van der Waals surface area (Å²) in [5.74, 6) is -1.08. The van der Waals surface area contributed by atoms with Crippen molar-refractivity contribution in [2.24, 2.45) is 5.10 Å². The fourth-order valence-electron chi connectivity index (χ4n) is 2.09. The maximum atomic E-state index is 13.1. The molecule has 1 aromatic rings. The monoisotopic (exact) mass is 384 g/mol. The second kappa shape index (κ2) is 6.78. The van der Waals surface area contributed by atoms with E-state index in [4.69, 9.17) is 27.9 Å². The number of alkyl halides is 3. The zero-order valence-electron chi connectivity index (χ0n) is 12.4.